The van der Waals surface area contributed by atoms with E-state index in [0.717, 1.165) is 11.1 Å². The van der Waals surface area contributed by atoms with Crippen LogP contribution in [0.1, 0.15) is 44.2 Å². The van der Waals surface area contributed by atoms with Gasteiger partial charge in [-0.15, -0.1) is 0 Å². The average Bonchev–Trinajstić information content (AvgIpc) is 2.92. The summed E-state index contributed by atoms with van der Waals surface area (Å²) in [6, 6.07) is 11.1. The van der Waals surface area contributed by atoms with Crippen molar-refractivity contribution >= 4 is 23.7 Å². The van der Waals surface area contributed by atoms with Crippen LogP contribution in [0, 0.1) is 5.92 Å². The Hall–Kier alpha value is -3.96. The number of benzene rings is 2. The number of carbonyl (C=O) groups excluding carboxylic acids is 3. The molecule has 40 heavy (non-hydrogen) atoms. The van der Waals surface area contributed by atoms with Crippen LogP contribution in [0.4, 0.5) is 0 Å². The Labute approximate surface area is 234 Å². The van der Waals surface area contributed by atoms with Gasteiger partial charge in [-0.1, -0.05) is 56.3 Å². The molecule has 4 atom stereocenters. The van der Waals surface area contributed by atoms with Gasteiger partial charge in [-0.25, -0.2) is 4.79 Å². The van der Waals surface area contributed by atoms with E-state index in [1.165, 1.54) is 12.1 Å². The molecule has 0 bridgehead atoms. The normalized spacial score (nSPS) is 14.0. The number of hydrogen-bond acceptors (Lipinski definition) is 7. The van der Waals surface area contributed by atoms with Crippen molar-refractivity contribution in [2.45, 2.75) is 70.1 Å². The summed E-state index contributed by atoms with van der Waals surface area (Å²) in [5.41, 5.74) is 13.1. The summed E-state index contributed by atoms with van der Waals surface area (Å²) in [5.74, 6) is -3.20. The molecule has 9 N–H and O–H groups in total. The summed E-state index contributed by atoms with van der Waals surface area (Å²) in [5, 5.41) is 27.0. The van der Waals surface area contributed by atoms with Crippen molar-refractivity contribution in [2.75, 3.05) is 6.54 Å². The van der Waals surface area contributed by atoms with E-state index in [1.54, 1.807) is 50.2 Å². The Morgan fingerprint density at radius 2 is 1.38 bits per heavy atom. The Morgan fingerprint density at radius 3 is 1.95 bits per heavy atom. The topological polar surface area (TPSA) is 197 Å². The molecule has 0 spiro atoms. The van der Waals surface area contributed by atoms with E-state index >= 15 is 0 Å². The number of carbonyl (C=O) groups is 4. The van der Waals surface area contributed by atoms with E-state index in [1.807, 2.05) is 6.07 Å². The van der Waals surface area contributed by atoms with Gasteiger partial charge < -0.3 is 37.6 Å². The number of unbranched alkanes of at least 4 members (excludes halogenated alkanes) is 1. The zero-order chi connectivity index (χ0) is 29.7. The lowest BCUT2D eigenvalue weighted by Crippen LogP contribution is -2.59. The minimum absolute atomic E-state index is 0.0950. The first-order valence-corrected chi connectivity index (χ1v) is 13.4. The minimum Gasteiger partial charge on any atom is -0.508 e. The number of nitrogens with two attached hydrogens (primary N) is 2. The third-order valence-corrected chi connectivity index (χ3v) is 6.45. The maximum absolute atomic E-state index is 13.4. The van der Waals surface area contributed by atoms with E-state index in [-0.39, 0.29) is 30.9 Å². The standard InChI is InChI=1S/C29H41N5O6/c1-18(2)25(34-26(36)22(31)16-20-11-13-21(35)14-12-20)28(38)33-24(17-19-8-4-3-5-9-19)27(37)32-23(29(39)40)10-6-7-15-30/h3-5,8-9,11-14,18,22-25,35H,6-7,10,15-17,30-31H2,1-2H3,(H,32,37)(H,33,38)(H,34,36)(H,39,40). The zero-order valence-corrected chi connectivity index (χ0v) is 23.0. The average molecular weight is 556 g/mol. The molecule has 11 heteroatoms. The van der Waals surface area contributed by atoms with Crippen LogP contribution >= 0.6 is 0 Å². The Morgan fingerprint density at radius 1 is 0.775 bits per heavy atom. The van der Waals surface area contributed by atoms with Crippen LogP contribution in [-0.2, 0) is 32.0 Å². The first-order valence-electron chi connectivity index (χ1n) is 13.4. The number of phenols is 1. The second-order valence-electron chi connectivity index (χ2n) is 10.1. The Balaban J connectivity index is 2.15. The minimum atomic E-state index is -1.18. The lowest BCUT2D eigenvalue weighted by atomic mass is 9.99. The van der Waals surface area contributed by atoms with Crippen molar-refractivity contribution in [3.05, 3.63) is 65.7 Å². The zero-order valence-electron chi connectivity index (χ0n) is 23.0. The fourth-order valence-electron chi connectivity index (χ4n) is 4.12. The van der Waals surface area contributed by atoms with Crippen molar-refractivity contribution in [3.8, 4) is 5.75 Å². The molecule has 11 nitrogen and oxygen atoms in total. The van der Waals surface area contributed by atoms with Crippen molar-refractivity contribution in [1.29, 1.82) is 0 Å². The van der Waals surface area contributed by atoms with Crippen molar-refractivity contribution in [3.63, 3.8) is 0 Å². The van der Waals surface area contributed by atoms with E-state index in [2.05, 4.69) is 16.0 Å². The van der Waals surface area contributed by atoms with Gasteiger partial charge in [-0.05, 0) is 61.4 Å². The van der Waals surface area contributed by atoms with E-state index in [4.69, 9.17) is 11.5 Å². The molecular formula is C29H41N5O6. The van der Waals surface area contributed by atoms with Crippen LogP contribution in [0.3, 0.4) is 0 Å². The smallest absolute Gasteiger partial charge is 0.326 e. The van der Waals surface area contributed by atoms with Gasteiger partial charge in [-0.2, -0.15) is 0 Å². The third-order valence-electron chi connectivity index (χ3n) is 6.45. The maximum Gasteiger partial charge on any atom is 0.326 e. The molecule has 0 saturated heterocycles. The van der Waals surface area contributed by atoms with E-state index in [0.29, 0.717) is 19.4 Å². The monoisotopic (exact) mass is 555 g/mol. The van der Waals surface area contributed by atoms with E-state index < -0.39 is 47.9 Å². The van der Waals surface area contributed by atoms with Gasteiger partial charge in [0.15, 0.2) is 0 Å². The molecule has 0 aromatic heterocycles. The van der Waals surface area contributed by atoms with Gasteiger partial charge in [0.1, 0.15) is 23.9 Å². The number of phenolic OH excluding ortho intramolecular Hbond substituents is 1. The van der Waals surface area contributed by atoms with Gasteiger partial charge in [0, 0.05) is 6.42 Å². The number of amides is 3. The number of carboxylic acids is 1. The number of hydrogen-bond donors (Lipinski definition) is 7. The van der Waals surface area contributed by atoms with Crippen molar-refractivity contribution in [1.82, 2.24) is 16.0 Å². The molecule has 218 valence electrons. The predicted molar refractivity (Wildman–Crippen MR) is 151 cm³/mol. The fourth-order valence-corrected chi connectivity index (χ4v) is 4.12. The molecule has 2 rings (SSSR count). The summed E-state index contributed by atoms with van der Waals surface area (Å²) in [7, 11) is 0. The largest absolute Gasteiger partial charge is 0.508 e. The van der Waals surface area contributed by atoms with Crippen LogP contribution in [0.25, 0.3) is 0 Å². The first kappa shape index (κ1) is 32.3. The number of aromatic hydroxyl groups is 1. The van der Waals surface area contributed by atoms with Gasteiger partial charge in [0.2, 0.25) is 17.7 Å². The molecule has 2 aromatic carbocycles. The number of carboxylic acid groups (broad SMARTS) is 1. The third kappa shape index (κ3) is 10.7. The lowest BCUT2D eigenvalue weighted by molar-refractivity contribution is -0.142. The summed E-state index contributed by atoms with van der Waals surface area (Å²) >= 11 is 0. The second kappa shape index (κ2) is 16.2. The number of nitrogens with one attached hydrogen (secondary N) is 3. The van der Waals surface area contributed by atoms with Crippen LogP contribution in [-0.4, -0.2) is 64.6 Å². The highest BCUT2D eigenvalue weighted by Crippen LogP contribution is 2.12. The van der Waals surface area contributed by atoms with Crippen LogP contribution in [0.5, 0.6) is 5.75 Å². The second-order valence-corrected chi connectivity index (χ2v) is 10.1. The SMILES string of the molecule is CC(C)C(NC(=O)C(N)Cc1ccc(O)cc1)C(=O)NC(Cc1ccccc1)C(=O)NC(CCCCN)C(=O)O. The Kier molecular flexibility index (Phi) is 13.1. The van der Waals surface area contributed by atoms with Crippen molar-refractivity contribution < 1.29 is 29.4 Å². The summed E-state index contributed by atoms with van der Waals surface area (Å²) in [6.45, 7) is 3.91. The molecule has 0 fully saturated rings. The maximum atomic E-state index is 13.4. The molecule has 0 aliphatic rings. The summed E-state index contributed by atoms with van der Waals surface area (Å²) in [6.07, 6.45) is 1.66. The molecule has 0 radical (unpaired) electrons. The van der Waals surface area contributed by atoms with Gasteiger partial charge >= 0.3 is 5.97 Å². The molecule has 0 aliphatic heterocycles. The van der Waals surface area contributed by atoms with Gasteiger partial charge in [0.25, 0.3) is 0 Å². The molecule has 2 aromatic rings. The first-order chi connectivity index (χ1) is 19.0. The van der Waals surface area contributed by atoms with Crippen LogP contribution < -0.4 is 27.4 Å². The van der Waals surface area contributed by atoms with Crippen LogP contribution in [0.15, 0.2) is 54.6 Å². The lowest BCUT2D eigenvalue weighted by Gasteiger charge is -2.27. The Bertz CT molecular complexity index is 1110. The molecular weight excluding hydrogens is 514 g/mol. The van der Waals surface area contributed by atoms with E-state index in [9.17, 15) is 29.4 Å². The molecule has 0 saturated carbocycles. The molecule has 0 aliphatic carbocycles. The van der Waals surface area contributed by atoms with Crippen LogP contribution in [0.2, 0.25) is 0 Å². The van der Waals surface area contributed by atoms with Crippen molar-refractivity contribution in [2.24, 2.45) is 17.4 Å². The predicted octanol–water partition coefficient (Wildman–Crippen LogP) is 0.829. The number of aliphatic carboxylic acids is 1. The summed E-state index contributed by atoms with van der Waals surface area (Å²) in [4.78, 5) is 51.2. The highest BCUT2D eigenvalue weighted by molar-refractivity contribution is 5.94. The molecule has 0 heterocycles. The highest BCUT2D eigenvalue weighted by Gasteiger charge is 2.31. The summed E-state index contributed by atoms with van der Waals surface area (Å²) < 4.78 is 0. The molecule has 3 amide bonds. The fraction of sp³-hybridized carbons (Fsp3) is 0.448. The highest BCUT2D eigenvalue weighted by atomic mass is 16.4. The number of rotatable bonds is 16. The van der Waals surface area contributed by atoms with Gasteiger partial charge in [-0.3, -0.25) is 14.4 Å². The quantitative estimate of drug-likeness (QED) is 0.148. The van der Waals surface area contributed by atoms with Gasteiger partial charge in [0.05, 0.1) is 6.04 Å². The molecule has 4 unspecified atom stereocenters.